The SMILES string of the molecule is CC1CCCN(S(=O)(=O)NCCOCCO)C1. The predicted octanol–water partition coefficient (Wildman–Crippen LogP) is -0.438. The van der Waals surface area contributed by atoms with Gasteiger partial charge in [0, 0.05) is 19.6 Å². The van der Waals surface area contributed by atoms with E-state index in [1.165, 1.54) is 4.31 Å². The number of aliphatic hydroxyl groups is 1. The zero-order chi connectivity index (χ0) is 12.7. The third-order valence-electron chi connectivity index (χ3n) is 2.73. The van der Waals surface area contributed by atoms with Crippen molar-refractivity contribution in [3.63, 3.8) is 0 Å². The van der Waals surface area contributed by atoms with E-state index in [-0.39, 0.29) is 26.4 Å². The summed E-state index contributed by atoms with van der Waals surface area (Å²) >= 11 is 0. The molecule has 0 aliphatic carbocycles. The lowest BCUT2D eigenvalue weighted by Gasteiger charge is -2.29. The van der Waals surface area contributed by atoms with Crippen molar-refractivity contribution in [2.24, 2.45) is 5.92 Å². The van der Waals surface area contributed by atoms with Crippen LogP contribution in [0.25, 0.3) is 0 Å². The van der Waals surface area contributed by atoms with Crippen LogP contribution in [0.4, 0.5) is 0 Å². The van der Waals surface area contributed by atoms with Crippen molar-refractivity contribution in [1.82, 2.24) is 9.03 Å². The summed E-state index contributed by atoms with van der Waals surface area (Å²) < 4.78 is 32.7. The molecule has 0 radical (unpaired) electrons. The van der Waals surface area contributed by atoms with E-state index in [0.29, 0.717) is 19.0 Å². The van der Waals surface area contributed by atoms with Gasteiger partial charge in [-0.3, -0.25) is 0 Å². The number of aliphatic hydroxyl groups excluding tert-OH is 1. The molecule has 17 heavy (non-hydrogen) atoms. The van der Waals surface area contributed by atoms with E-state index >= 15 is 0 Å². The Morgan fingerprint density at radius 3 is 2.88 bits per heavy atom. The third kappa shape index (κ3) is 5.31. The van der Waals surface area contributed by atoms with E-state index in [0.717, 1.165) is 12.8 Å². The van der Waals surface area contributed by atoms with Crippen molar-refractivity contribution in [3.8, 4) is 0 Å². The Kier molecular flexibility index (Phi) is 6.35. The van der Waals surface area contributed by atoms with Crippen molar-refractivity contribution in [1.29, 1.82) is 0 Å². The van der Waals surface area contributed by atoms with Crippen LogP contribution in [0.15, 0.2) is 0 Å². The Labute approximate surface area is 103 Å². The molecular formula is C10H22N2O4S. The molecule has 1 aliphatic heterocycles. The molecule has 1 fully saturated rings. The van der Waals surface area contributed by atoms with Gasteiger partial charge in [0.15, 0.2) is 0 Å². The molecule has 0 aromatic heterocycles. The highest BCUT2D eigenvalue weighted by atomic mass is 32.2. The average molecular weight is 266 g/mol. The fourth-order valence-corrected chi connectivity index (χ4v) is 3.21. The zero-order valence-corrected chi connectivity index (χ0v) is 11.1. The van der Waals surface area contributed by atoms with E-state index < -0.39 is 10.2 Å². The molecule has 1 heterocycles. The van der Waals surface area contributed by atoms with Crippen molar-refractivity contribution in [2.45, 2.75) is 19.8 Å². The van der Waals surface area contributed by atoms with Gasteiger partial charge in [0.25, 0.3) is 10.2 Å². The highest BCUT2D eigenvalue weighted by Crippen LogP contribution is 2.17. The maximum absolute atomic E-state index is 11.9. The highest BCUT2D eigenvalue weighted by molar-refractivity contribution is 7.87. The Morgan fingerprint density at radius 2 is 2.24 bits per heavy atom. The first-order valence-corrected chi connectivity index (χ1v) is 7.43. The van der Waals surface area contributed by atoms with E-state index in [1.54, 1.807) is 0 Å². The molecule has 0 amide bonds. The zero-order valence-electron chi connectivity index (χ0n) is 10.3. The lowest BCUT2D eigenvalue weighted by atomic mass is 10.0. The van der Waals surface area contributed by atoms with E-state index in [9.17, 15) is 8.42 Å². The van der Waals surface area contributed by atoms with Crippen LogP contribution in [0.5, 0.6) is 0 Å². The molecule has 2 N–H and O–H groups in total. The van der Waals surface area contributed by atoms with E-state index in [2.05, 4.69) is 11.6 Å². The van der Waals surface area contributed by atoms with E-state index in [1.807, 2.05) is 0 Å². The van der Waals surface area contributed by atoms with Gasteiger partial charge >= 0.3 is 0 Å². The summed E-state index contributed by atoms with van der Waals surface area (Å²) in [4.78, 5) is 0. The molecule has 0 aromatic carbocycles. The van der Waals surface area contributed by atoms with Gasteiger partial charge in [0.1, 0.15) is 0 Å². The summed E-state index contributed by atoms with van der Waals surface area (Å²) in [6.07, 6.45) is 2.01. The monoisotopic (exact) mass is 266 g/mol. The van der Waals surface area contributed by atoms with Crippen LogP contribution in [-0.4, -0.2) is 57.3 Å². The van der Waals surface area contributed by atoms with Crippen LogP contribution in [-0.2, 0) is 14.9 Å². The molecule has 1 rings (SSSR count). The summed E-state index contributed by atoms with van der Waals surface area (Å²) in [5, 5.41) is 8.49. The minimum absolute atomic E-state index is 0.0452. The second kappa shape index (κ2) is 7.27. The number of hydrogen-bond donors (Lipinski definition) is 2. The van der Waals surface area contributed by atoms with Gasteiger partial charge in [0.05, 0.1) is 19.8 Å². The number of nitrogens with one attached hydrogen (secondary N) is 1. The van der Waals surface area contributed by atoms with Gasteiger partial charge in [-0.25, -0.2) is 0 Å². The minimum Gasteiger partial charge on any atom is -0.394 e. The standard InChI is InChI=1S/C10H22N2O4S/c1-10-3-2-5-12(9-10)17(14,15)11-4-7-16-8-6-13/h10-11,13H,2-9H2,1H3. The third-order valence-corrected chi connectivity index (χ3v) is 4.31. The van der Waals surface area contributed by atoms with Crippen LogP contribution in [0, 0.1) is 5.92 Å². The fraction of sp³-hybridized carbons (Fsp3) is 1.00. The second-order valence-electron chi connectivity index (χ2n) is 4.34. The van der Waals surface area contributed by atoms with Crippen LogP contribution in [0.3, 0.4) is 0 Å². The minimum atomic E-state index is -3.36. The molecule has 0 spiro atoms. The molecule has 7 heteroatoms. The molecule has 0 saturated carbocycles. The maximum Gasteiger partial charge on any atom is 0.279 e. The summed E-state index contributed by atoms with van der Waals surface area (Å²) in [6, 6.07) is 0. The fourth-order valence-electron chi connectivity index (χ4n) is 1.87. The number of ether oxygens (including phenoxy) is 1. The number of rotatable bonds is 7. The number of nitrogens with zero attached hydrogens (tertiary/aromatic N) is 1. The lowest BCUT2D eigenvalue weighted by Crippen LogP contribution is -2.46. The summed E-state index contributed by atoms with van der Waals surface area (Å²) in [5.41, 5.74) is 0. The van der Waals surface area contributed by atoms with Crippen LogP contribution in [0.2, 0.25) is 0 Å². The van der Waals surface area contributed by atoms with Crippen LogP contribution >= 0.6 is 0 Å². The quantitative estimate of drug-likeness (QED) is 0.612. The Hall–Kier alpha value is -0.210. The average Bonchev–Trinajstić information content (AvgIpc) is 2.29. The topological polar surface area (TPSA) is 78.9 Å². The van der Waals surface area contributed by atoms with Gasteiger partial charge in [-0.05, 0) is 18.8 Å². The van der Waals surface area contributed by atoms with Crippen molar-refractivity contribution in [3.05, 3.63) is 0 Å². The summed E-state index contributed by atoms with van der Waals surface area (Å²) in [6.45, 7) is 3.96. The van der Waals surface area contributed by atoms with Crippen molar-refractivity contribution >= 4 is 10.2 Å². The Balaban J connectivity index is 2.29. The maximum atomic E-state index is 11.9. The molecule has 0 aromatic rings. The molecule has 1 unspecified atom stereocenters. The Bertz CT molecular complexity index is 307. The molecule has 6 nitrogen and oxygen atoms in total. The van der Waals surface area contributed by atoms with Gasteiger partial charge in [0.2, 0.25) is 0 Å². The smallest absolute Gasteiger partial charge is 0.279 e. The van der Waals surface area contributed by atoms with Crippen molar-refractivity contribution < 1.29 is 18.3 Å². The van der Waals surface area contributed by atoms with Gasteiger partial charge < -0.3 is 9.84 Å². The lowest BCUT2D eigenvalue weighted by molar-refractivity contribution is 0.0959. The van der Waals surface area contributed by atoms with Crippen LogP contribution < -0.4 is 4.72 Å². The summed E-state index contributed by atoms with van der Waals surface area (Å²) in [7, 11) is -3.36. The van der Waals surface area contributed by atoms with E-state index in [4.69, 9.17) is 9.84 Å². The van der Waals surface area contributed by atoms with Gasteiger partial charge in [-0.15, -0.1) is 0 Å². The second-order valence-corrected chi connectivity index (χ2v) is 6.10. The van der Waals surface area contributed by atoms with Gasteiger partial charge in [-0.2, -0.15) is 17.4 Å². The van der Waals surface area contributed by atoms with Crippen LogP contribution in [0.1, 0.15) is 19.8 Å². The van der Waals surface area contributed by atoms with Gasteiger partial charge in [-0.1, -0.05) is 6.92 Å². The molecule has 0 bridgehead atoms. The van der Waals surface area contributed by atoms with Crippen molar-refractivity contribution in [2.75, 3.05) is 39.5 Å². The Morgan fingerprint density at radius 1 is 1.47 bits per heavy atom. The molecular weight excluding hydrogens is 244 g/mol. The normalized spacial score (nSPS) is 22.8. The largest absolute Gasteiger partial charge is 0.394 e. The first-order chi connectivity index (χ1) is 8.06. The first-order valence-electron chi connectivity index (χ1n) is 5.99. The highest BCUT2D eigenvalue weighted by Gasteiger charge is 2.26. The number of hydrogen-bond acceptors (Lipinski definition) is 4. The molecule has 1 saturated heterocycles. The number of piperidine rings is 1. The molecule has 102 valence electrons. The molecule has 1 aliphatic rings. The summed E-state index contributed by atoms with van der Waals surface area (Å²) in [5.74, 6) is 0.422. The first kappa shape index (κ1) is 14.8. The predicted molar refractivity (Wildman–Crippen MR) is 64.8 cm³/mol. The molecule has 1 atom stereocenters.